The molecule has 2 saturated carbocycles. The maximum absolute atomic E-state index is 9.44. The highest BCUT2D eigenvalue weighted by molar-refractivity contribution is 4.86. The predicted octanol–water partition coefficient (Wildman–Crippen LogP) is 5.81. The first-order chi connectivity index (χ1) is 10.3. The van der Waals surface area contributed by atoms with E-state index in [4.69, 9.17) is 0 Å². The molecule has 0 aromatic heterocycles. The van der Waals surface area contributed by atoms with E-state index in [1.54, 1.807) is 0 Å². The van der Waals surface area contributed by atoms with Crippen LogP contribution in [0.15, 0.2) is 0 Å². The zero-order valence-electron chi connectivity index (χ0n) is 14.5. The van der Waals surface area contributed by atoms with E-state index in [9.17, 15) is 5.11 Å². The summed E-state index contributed by atoms with van der Waals surface area (Å²) in [5.74, 6) is 4.54. The molecule has 0 heterocycles. The van der Waals surface area contributed by atoms with E-state index in [0.717, 1.165) is 23.7 Å². The Balaban J connectivity index is 1.76. The summed E-state index contributed by atoms with van der Waals surface area (Å²) in [5.41, 5.74) is 0. The molecule has 0 amide bonds. The highest BCUT2D eigenvalue weighted by Gasteiger charge is 2.35. The Labute approximate surface area is 132 Å². The Bertz CT molecular complexity index is 267. The normalized spacial score (nSPS) is 37.6. The Morgan fingerprint density at radius 1 is 0.857 bits per heavy atom. The Morgan fingerprint density at radius 2 is 1.57 bits per heavy atom. The molecule has 21 heavy (non-hydrogen) atoms. The van der Waals surface area contributed by atoms with Crippen molar-refractivity contribution in [1.29, 1.82) is 0 Å². The van der Waals surface area contributed by atoms with Gasteiger partial charge >= 0.3 is 0 Å². The first kappa shape index (κ1) is 17.3. The third-order valence-electron chi connectivity index (χ3n) is 6.65. The lowest BCUT2D eigenvalue weighted by atomic mass is 9.63. The van der Waals surface area contributed by atoms with Gasteiger partial charge in [-0.2, -0.15) is 0 Å². The second kappa shape index (κ2) is 9.18. The van der Waals surface area contributed by atoms with Crippen molar-refractivity contribution in [2.45, 2.75) is 90.9 Å². The molecule has 1 heteroatoms. The van der Waals surface area contributed by atoms with Gasteiger partial charge in [-0.1, -0.05) is 58.8 Å². The number of unbranched alkanes of at least 4 members (excludes halogenated alkanes) is 2. The van der Waals surface area contributed by atoms with Gasteiger partial charge in [0.05, 0.1) is 0 Å². The molecule has 2 fully saturated rings. The van der Waals surface area contributed by atoms with Crippen LogP contribution in [0.1, 0.15) is 90.9 Å². The van der Waals surface area contributed by atoms with Crippen molar-refractivity contribution in [3.63, 3.8) is 0 Å². The minimum atomic E-state index is 0.424. The van der Waals surface area contributed by atoms with Crippen molar-refractivity contribution in [2.75, 3.05) is 6.61 Å². The zero-order valence-corrected chi connectivity index (χ0v) is 14.5. The van der Waals surface area contributed by atoms with Crippen molar-refractivity contribution in [3.05, 3.63) is 0 Å². The van der Waals surface area contributed by atoms with Gasteiger partial charge in [0.1, 0.15) is 0 Å². The summed E-state index contributed by atoms with van der Waals surface area (Å²) >= 11 is 0. The summed E-state index contributed by atoms with van der Waals surface area (Å²) in [6.07, 6.45) is 17.1. The van der Waals surface area contributed by atoms with E-state index in [-0.39, 0.29) is 0 Å². The van der Waals surface area contributed by atoms with Crippen LogP contribution in [0.25, 0.3) is 0 Å². The van der Waals surface area contributed by atoms with Gasteiger partial charge in [-0.25, -0.2) is 0 Å². The van der Waals surface area contributed by atoms with E-state index >= 15 is 0 Å². The summed E-state index contributed by atoms with van der Waals surface area (Å²) in [7, 11) is 0. The number of aliphatic hydroxyl groups excluding tert-OH is 1. The maximum Gasteiger partial charge on any atom is 0.0459 e. The fourth-order valence-electron chi connectivity index (χ4n) is 5.23. The van der Waals surface area contributed by atoms with Gasteiger partial charge in [0.25, 0.3) is 0 Å². The zero-order chi connectivity index (χ0) is 15.1. The van der Waals surface area contributed by atoms with Crippen molar-refractivity contribution in [3.8, 4) is 0 Å². The molecule has 124 valence electrons. The maximum atomic E-state index is 9.44. The molecule has 0 bridgehead atoms. The molecular weight excluding hydrogens is 256 g/mol. The smallest absolute Gasteiger partial charge is 0.0459 e. The van der Waals surface area contributed by atoms with E-state index in [2.05, 4.69) is 13.8 Å². The SMILES string of the molecule is CCCCCC1CCC(C2CCC(CO)CC2CC)CC1. The molecule has 0 radical (unpaired) electrons. The van der Waals surface area contributed by atoms with Crippen molar-refractivity contribution < 1.29 is 5.11 Å². The van der Waals surface area contributed by atoms with Crippen LogP contribution in [0.4, 0.5) is 0 Å². The fraction of sp³-hybridized carbons (Fsp3) is 1.00. The quantitative estimate of drug-likeness (QED) is 0.588. The lowest BCUT2D eigenvalue weighted by Gasteiger charge is -2.42. The minimum absolute atomic E-state index is 0.424. The lowest BCUT2D eigenvalue weighted by Crippen LogP contribution is -2.33. The highest BCUT2D eigenvalue weighted by atomic mass is 16.3. The Morgan fingerprint density at radius 3 is 2.19 bits per heavy atom. The van der Waals surface area contributed by atoms with Gasteiger partial charge in [-0.05, 0) is 61.7 Å². The number of rotatable bonds is 7. The van der Waals surface area contributed by atoms with Crippen LogP contribution in [-0.2, 0) is 0 Å². The summed E-state index contributed by atoms with van der Waals surface area (Å²) in [4.78, 5) is 0. The van der Waals surface area contributed by atoms with Gasteiger partial charge < -0.3 is 5.11 Å². The second-order valence-corrected chi connectivity index (χ2v) is 7.97. The number of hydrogen-bond acceptors (Lipinski definition) is 1. The third-order valence-corrected chi connectivity index (χ3v) is 6.65. The molecule has 0 aliphatic heterocycles. The van der Waals surface area contributed by atoms with E-state index in [1.807, 2.05) is 0 Å². The molecule has 0 aromatic rings. The molecule has 2 aliphatic rings. The van der Waals surface area contributed by atoms with Crippen LogP contribution in [0, 0.1) is 29.6 Å². The Kier molecular flexibility index (Phi) is 7.57. The second-order valence-electron chi connectivity index (χ2n) is 7.97. The molecular formula is C20H38O. The van der Waals surface area contributed by atoms with Crippen LogP contribution in [-0.4, -0.2) is 11.7 Å². The van der Waals surface area contributed by atoms with Crippen molar-refractivity contribution in [1.82, 2.24) is 0 Å². The molecule has 0 spiro atoms. The first-order valence-electron chi connectivity index (χ1n) is 9.89. The topological polar surface area (TPSA) is 20.2 Å². The average molecular weight is 295 g/mol. The molecule has 0 saturated heterocycles. The van der Waals surface area contributed by atoms with Gasteiger partial charge in [-0.3, -0.25) is 0 Å². The van der Waals surface area contributed by atoms with E-state index in [0.29, 0.717) is 12.5 Å². The molecule has 1 nitrogen and oxygen atoms in total. The van der Waals surface area contributed by atoms with Crippen LogP contribution >= 0.6 is 0 Å². The standard InChI is InChI=1S/C20H38O/c1-3-5-6-7-16-8-11-19(12-9-16)20-13-10-17(15-21)14-18(20)4-2/h16-21H,3-15H2,1-2H3. The van der Waals surface area contributed by atoms with Gasteiger partial charge in [0, 0.05) is 6.61 Å². The molecule has 3 atom stereocenters. The summed E-state index contributed by atoms with van der Waals surface area (Å²) in [6.45, 7) is 5.10. The minimum Gasteiger partial charge on any atom is -0.396 e. The highest BCUT2D eigenvalue weighted by Crippen LogP contribution is 2.45. The molecule has 3 unspecified atom stereocenters. The van der Waals surface area contributed by atoms with Crippen LogP contribution in [0.5, 0.6) is 0 Å². The number of hydrogen-bond donors (Lipinski definition) is 1. The average Bonchev–Trinajstić information content (AvgIpc) is 2.55. The lowest BCUT2D eigenvalue weighted by molar-refractivity contribution is 0.0628. The summed E-state index contributed by atoms with van der Waals surface area (Å²) < 4.78 is 0. The molecule has 2 aliphatic carbocycles. The van der Waals surface area contributed by atoms with E-state index < -0.39 is 0 Å². The summed E-state index contributed by atoms with van der Waals surface area (Å²) in [5, 5.41) is 9.44. The van der Waals surface area contributed by atoms with Gasteiger partial charge in [0.15, 0.2) is 0 Å². The number of aliphatic hydroxyl groups is 1. The van der Waals surface area contributed by atoms with E-state index in [1.165, 1.54) is 77.0 Å². The van der Waals surface area contributed by atoms with Crippen LogP contribution < -0.4 is 0 Å². The first-order valence-corrected chi connectivity index (χ1v) is 9.89. The van der Waals surface area contributed by atoms with Crippen molar-refractivity contribution in [2.24, 2.45) is 29.6 Å². The van der Waals surface area contributed by atoms with Gasteiger partial charge in [-0.15, -0.1) is 0 Å². The van der Waals surface area contributed by atoms with Gasteiger partial charge in [0.2, 0.25) is 0 Å². The van der Waals surface area contributed by atoms with Crippen LogP contribution in [0.3, 0.4) is 0 Å². The third kappa shape index (κ3) is 4.98. The predicted molar refractivity (Wildman–Crippen MR) is 91.3 cm³/mol. The summed E-state index contributed by atoms with van der Waals surface area (Å²) in [6, 6.07) is 0. The van der Waals surface area contributed by atoms with Crippen LogP contribution in [0.2, 0.25) is 0 Å². The largest absolute Gasteiger partial charge is 0.396 e. The fourth-order valence-corrected chi connectivity index (χ4v) is 5.23. The molecule has 1 N–H and O–H groups in total. The monoisotopic (exact) mass is 294 g/mol. The molecule has 0 aromatic carbocycles. The van der Waals surface area contributed by atoms with Crippen molar-refractivity contribution >= 4 is 0 Å². The molecule has 2 rings (SSSR count). The Hall–Kier alpha value is -0.0400.